The van der Waals surface area contributed by atoms with Crippen LogP contribution in [0.2, 0.25) is 0 Å². The SMILES string of the molecule is CC.CCOC1Cc2ccccc2-c2nnn(CC)c2-c2ccccc21. The van der Waals surface area contributed by atoms with Crippen LogP contribution in [-0.2, 0) is 17.7 Å². The van der Waals surface area contributed by atoms with Crippen molar-refractivity contribution in [3.63, 3.8) is 0 Å². The van der Waals surface area contributed by atoms with Gasteiger partial charge in [-0.2, -0.15) is 0 Å². The average molecular weight is 349 g/mol. The number of aryl methyl sites for hydroxylation is 1. The molecule has 3 aromatic rings. The predicted octanol–water partition coefficient (Wildman–Crippen LogP) is 5.29. The van der Waals surface area contributed by atoms with E-state index in [1.54, 1.807) is 0 Å². The van der Waals surface area contributed by atoms with E-state index >= 15 is 0 Å². The molecule has 1 aromatic heterocycles. The fourth-order valence-electron chi connectivity index (χ4n) is 3.56. The molecular weight excluding hydrogens is 322 g/mol. The molecule has 0 spiro atoms. The van der Waals surface area contributed by atoms with Gasteiger partial charge in [-0.3, -0.25) is 0 Å². The second-order valence-electron chi connectivity index (χ2n) is 5.99. The monoisotopic (exact) mass is 349 g/mol. The maximum Gasteiger partial charge on any atom is 0.121 e. The van der Waals surface area contributed by atoms with E-state index in [9.17, 15) is 0 Å². The van der Waals surface area contributed by atoms with Gasteiger partial charge in [0.2, 0.25) is 0 Å². The second kappa shape index (κ2) is 8.28. The maximum atomic E-state index is 6.12. The van der Waals surface area contributed by atoms with Crippen molar-refractivity contribution in [2.45, 2.75) is 46.8 Å². The summed E-state index contributed by atoms with van der Waals surface area (Å²) in [5, 5.41) is 8.91. The van der Waals surface area contributed by atoms with Crippen LogP contribution in [0, 0.1) is 0 Å². The lowest BCUT2D eigenvalue weighted by atomic mass is 9.87. The first-order valence-electron chi connectivity index (χ1n) is 9.56. The van der Waals surface area contributed by atoms with Crippen molar-refractivity contribution in [1.82, 2.24) is 15.0 Å². The standard InChI is InChI=1S/C20H21N3O.C2H6/c1-3-23-20-17-12-8-7-11-16(17)18(24-4-2)13-14-9-5-6-10-15(14)19(20)21-22-23;1-2/h5-12,18H,3-4,13H2,1-2H3;1-2H3. The van der Waals surface area contributed by atoms with E-state index in [4.69, 9.17) is 4.74 Å². The number of ether oxygens (including phenoxy) is 1. The average Bonchev–Trinajstić information content (AvgIpc) is 3.12. The molecule has 0 saturated heterocycles. The number of nitrogens with zero attached hydrogens (tertiary/aromatic N) is 3. The first-order chi connectivity index (χ1) is 12.8. The number of rotatable bonds is 3. The lowest BCUT2D eigenvalue weighted by Crippen LogP contribution is -2.13. The first kappa shape index (κ1) is 18.3. The smallest absolute Gasteiger partial charge is 0.121 e. The van der Waals surface area contributed by atoms with Crippen molar-refractivity contribution in [3.05, 3.63) is 59.7 Å². The fraction of sp³-hybridized carbons (Fsp3) is 0.364. The van der Waals surface area contributed by atoms with Crippen LogP contribution in [0.5, 0.6) is 0 Å². The van der Waals surface area contributed by atoms with Crippen LogP contribution in [0.15, 0.2) is 48.5 Å². The van der Waals surface area contributed by atoms with E-state index < -0.39 is 0 Å². The highest BCUT2D eigenvalue weighted by molar-refractivity contribution is 5.82. The van der Waals surface area contributed by atoms with Gasteiger partial charge in [0.15, 0.2) is 0 Å². The van der Waals surface area contributed by atoms with Crippen LogP contribution in [0.25, 0.3) is 22.5 Å². The van der Waals surface area contributed by atoms with Gasteiger partial charge < -0.3 is 4.74 Å². The van der Waals surface area contributed by atoms with E-state index in [-0.39, 0.29) is 6.10 Å². The summed E-state index contributed by atoms with van der Waals surface area (Å²) < 4.78 is 8.10. The molecule has 1 atom stereocenters. The molecule has 26 heavy (non-hydrogen) atoms. The summed E-state index contributed by atoms with van der Waals surface area (Å²) in [6, 6.07) is 16.9. The lowest BCUT2D eigenvalue weighted by Gasteiger charge is -2.25. The van der Waals surface area contributed by atoms with Gasteiger partial charge in [0.1, 0.15) is 5.69 Å². The third-order valence-electron chi connectivity index (χ3n) is 4.64. The minimum atomic E-state index is 0.0423. The molecule has 0 N–H and O–H groups in total. The molecular formula is C22H27N3O. The Morgan fingerprint density at radius 3 is 2.42 bits per heavy atom. The molecule has 0 aliphatic heterocycles. The van der Waals surface area contributed by atoms with Crippen LogP contribution < -0.4 is 0 Å². The van der Waals surface area contributed by atoms with Gasteiger partial charge in [-0.15, -0.1) is 5.10 Å². The van der Waals surface area contributed by atoms with Gasteiger partial charge in [0, 0.05) is 30.7 Å². The Morgan fingerprint density at radius 2 is 1.69 bits per heavy atom. The molecule has 4 rings (SSSR count). The second-order valence-corrected chi connectivity index (χ2v) is 5.99. The summed E-state index contributed by atoms with van der Waals surface area (Å²) in [5.74, 6) is 0. The molecule has 136 valence electrons. The summed E-state index contributed by atoms with van der Waals surface area (Å²) in [4.78, 5) is 0. The lowest BCUT2D eigenvalue weighted by molar-refractivity contribution is 0.0632. The largest absolute Gasteiger partial charge is 0.373 e. The highest BCUT2D eigenvalue weighted by Gasteiger charge is 2.27. The highest BCUT2D eigenvalue weighted by atomic mass is 16.5. The molecule has 4 heteroatoms. The maximum absolute atomic E-state index is 6.12. The van der Waals surface area contributed by atoms with E-state index in [2.05, 4.69) is 72.7 Å². The normalized spacial score (nSPS) is 14.8. The molecule has 0 amide bonds. The molecule has 4 nitrogen and oxygen atoms in total. The minimum absolute atomic E-state index is 0.0423. The third-order valence-corrected chi connectivity index (χ3v) is 4.64. The molecule has 1 unspecified atom stereocenters. The van der Waals surface area contributed by atoms with Gasteiger partial charge in [-0.1, -0.05) is 67.6 Å². The third kappa shape index (κ3) is 3.17. The van der Waals surface area contributed by atoms with Crippen LogP contribution in [0.3, 0.4) is 0 Å². The molecule has 2 aromatic carbocycles. The number of benzene rings is 2. The number of hydrogen-bond donors (Lipinski definition) is 0. The van der Waals surface area contributed by atoms with Gasteiger partial charge in [-0.05, 0) is 25.0 Å². The van der Waals surface area contributed by atoms with Gasteiger partial charge >= 0.3 is 0 Å². The van der Waals surface area contributed by atoms with Crippen molar-refractivity contribution in [1.29, 1.82) is 0 Å². The zero-order chi connectivity index (χ0) is 18.5. The summed E-state index contributed by atoms with van der Waals surface area (Å²) in [7, 11) is 0. The topological polar surface area (TPSA) is 39.9 Å². The Kier molecular flexibility index (Phi) is 5.84. The van der Waals surface area contributed by atoms with Crippen LogP contribution in [0.1, 0.15) is 44.9 Å². The zero-order valence-electron chi connectivity index (χ0n) is 16.1. The predicted molar refractivity (Wildman–Crippen MR) is 106 cm³/mol. The van der Waals surface area contributed by atoms with E-state index in [1.807, 2.05) is 18.5 Å². The Bertz CT molecular complexity index is 869. The van der Waals surface area contributed by atoms with E-state index in [0.717, 1.165) is 29.9 Å². The summed E-state index contributed by atoms with van der Waals surface area (Å²) >= 11 is 0. The first-order valence-corrected chi connectivity index (χ1v) is 9.56. The Morgan fingerprint density at radius 1 is 1.00 bits per heavy atom. The number of fused-ring (bicyclic) bond motifs is 5. The van der Waals surface area contributed by atoms with E-state index in [0.29, 0.717) is 6.61 Å². The zero-order valence-corrected chi connectivity index (χ0v) is 16.1. The molecule has 0 radical (unpaired) electrons. The Hall–Kier alpha value is -2.46. The van der Waals surface area contributed by atoms with Gasteiger partial charge in [0.25, 0.3) is 0 Å². The Labute approximate surface area is 155 Å². The number of aromatic nitrogens is 3. The molecule has 1 heterocycles. The van der Waals surface area contributed by atoms with Crippen LogP contribution >= 0.6 is 0 Å². The fourth-order valence-corrected chi connectivity index (χ4v) is 3.56. The summed E-state index contributed by atoms with van der Waals surface area (Å²) in [5.41, 5.74) is 6.86. The van der Waals surface area contributed by atoms with Crippen molar-refractivity contribution < 1.29 is 4.74 Å². The number of hydrogen-bond acceptors (Lipinski definition) is 3. The van der Waals surface area contributed by atoms with Gasteiger partial charge in [0.05, 0.1) is 11.8 Å². The van der Waals surface area contributed by atoms with Crippen LogP contribution in [-0.4, -0.2) is 21.6 Å². The summed E-state index contributed by atoms with van der Waals surface area (Å²) in [6.07, 6.45) is 0.889. The van der Waals surface area contributed by atoms with Crippen LogP contribution in [0.4, 0.5) is 0 Å². The van der Waals surface area contributed by atoms with Gasteiger partial charge in [-0.25, -0.2) is 4.68 Å². The summed E-state index contributed by atoms with van der Waals surface area (Å²) in [6.45, 7) is 9.64. The molecule has 0 bridgehead atoms. The molecule has 1 aliphatic rings. The molecule has 0 saturated carbocycles. The minimum Gasteiger partial charge on any atom is -0.373 e. The van der Waals surface area contributed by atoms with Crippen molar-refractivity contribution in [2.75, 3.05) is 6.61 Å². The van der Waals surface area contributed by atoms with Crippen molar-refractivity contribution in [2.24, 2.45) is 0 Å². The Balaban J connectivity index is 0.000000948. The van der Waals surface area contributed by atoms with E-state index in [1.165, 1.54) is 16.7 Å². The quantitative estimate of drug-likeness (QED) is 0.645. The van der Waals surface area contributed by atoms with Crippen molar-refractivity contribution in [3.8, 4) is 22.5 Å². The van der Waals surface area contributed by atoms with Crippen molar-refractivity contribution >= 4 is 0 Å². The highest BCUT2D eigenvalue weighted by Crippen LogP contribution is 2.41. The molecule has 0 fully saturated rings. The molecule has 1 aliphatic carbocycles.